The Balaban J connectivity index is 2.35. The first-order valence-corrected chi connectivity index (χ1v) is 6.16. The van der Waals surface area contributed by atoms with E-state index in [0.717, 1.165) is 18.8 Å². The minimum atomic E-state index is -0.406. The Kier molecular flexibility index (Phi) is 5.11. The molecule has 1 saturated heterocycles. The van der Waals surface area contributed by atoms with E-state index in [1.165, 1.54) is 0 Å². The molecule has 1 aliphatic heterocycles. The summed E-state index contributed by atoms with van der Waals surface area (Å²) in [6, 6.07) is 0. The summed E-state index contributed by atoms with van der Waals surface area (Å²) in [5.41, 5.74) is 0. The molecule has 0 aromatic carbocycles. The van der Waals surface area contributed by atoms with Crippen LogP contribution in [-0.4, -0.2) is 54.4 Å². The Morgan fingerprint density at radius 3 is 2.87 bits per heavy atom. The molecule has 0 spiro atoms. The second-order valence-electron chi connectivity index (χ2n) is 3.57. The van der Waals surface area contributed by atoms with Crippen LogP contribution < -0.4 is 0 Å². The Morgan fingerprint density at radius 2 is 2.27 bits per heavy atom. The molecule has 0 aromatic rings. The number of carbonyl (C=O) groups is 2. The second-order valence-corrected chi connectivity index (χ2v) is 4.88. The summed E-state index contributed by atoms with van der Waals surface area (Å²) in [4.78, 5) is 24.9. The molecule has 0 aliphatic carbocycles. The molecule has 0 aromatic heterocycles. The van der Waals surface area contributed by atoms with Gasteiger partial charge in [-0.2, -0.15) is 0 Å². The lowest BCUT2D eigenvalue weighted by Crippen LogP contribution is -2.39. The number of carbonyl (C=O) groups excluding carboxylic acids is 2. The summed E-state index contributed by atoms with van der Waals surface area (Å²) in [6.07, 6.45) is -0.0840. The Hall–Kier alpha value is -0.550. The largest absolute Gasteiger partial charge is 0.466 e. The zero-order valence-corrected chi connectivity index (χ0v) is 10.0. The standard InChI is InChI=1S/C10H17NO3S/c1-3-14-10(13)6-8(12)9-7-11(2)4-5-15-9/h9H,3-7H2,1-2H3. The van der Waals surface area contributed by atoms with Crippen molar-refractivity contribution in [3.05, 3.63) is 0 Å². The predicted molar refractivity (Wildman–Crippen MR) is 60.0 cm³/mol. The number of rotatable bonds is 4. The number of esters is 1. The third-order valence-corrected chi connectivity index (χ3v) is 3.49. The zero-order chi connectivity index (χ0) is 11.3. The van der Waals surface area contributed by atoms with Gasteiger partial charge in [-0.25, -0.2) is 0 Å². The SMILES string of the molecule is CCOC(=O)CC(=O)C1CN(C)CCS1. The van der Waals surface area contributed by atoms with Crippen LogP contribution in [0.15, 0.2) is 0 Å². The highest BCUT2D eigenvalue weighted by atomic mass is 32.2. The van der Waals surface area contributed by atoms with Crippen molar-refractivity contribution in [2.24, 2.45) is 0 Å². The van der Waals surface area contributed by atoms with Crippen molar-refractivity contribution in [3.63, 3.8) is 0 Å². The van der Waals surface area contributed by atoms with Gasteiger partial charge in [0.05, 0.1) is 11.9 Å². The van der Waals surface area contributed by atoms with E-state index in [9.17, 15) is 9.59 Å². The molecule has 1 atom stereocenters. The summed E-state index contributed by atoms with van der Waals surface area (Å²) in [6.45, 7) is 3.83. The van der Waals surface area contributed by atoms with Gasteiger partial charge in [-0.15, -0.1) is 11.8 Å². The van der Waals surface area contributed by atoms with Crippen LogP contribution in [0.1, 0.15) is 13.3 Å². The fourth-order valence-electron chi connectivity index (χ4n) is 1.44. The van der Waals surface area contributed by atoms with Crippen molar-refractivity contribution in [1.29, 1.82) is 0 Å². The van der Waals surface area contributed by atoms with Gasteiger partial charge in [-0.1, -0.05) is 0 Å². The minimum absolute atomic E-state index is 0.00926. The lowest BCUT2D eigenvalue weighted by molar-refractivity contribution is -0.145. The number of hydrogen-bond acceptors (Lipinski definition) is 5. The smallest absolute Gasteiger partial charge is 0.313 e. The van der Waals surface area contributed by atoms with E-state index < -0.39 is 5.97 Å². The molecule has 15 heavy (non-hydrogen) atoms. The van der Waals surface area contributed by atoms with Crippen LogP contribution in [0, 0.1) is 0 Å². The van der Waals surface area contributed by atoms with Crippen molar-refractivity contribution < 1.29 is 14.3 Å². The molecule has 0 radical (unpaired) electrons. The fourth-order valence-corrected chi connectivity index (χ4v) is 2.77. The molecule has 1 rings (SSSR count). The first-order valence-electron chi connectivity index (χ1n) is 5.12. The number of Topliss-reactive ketones (excluding diaryl/α,β-unsaturated/α-hetero) is 1. The molecule has 1 unspecified atom stereocenters. The first-order chi connectivity index (χ1) is 7.13. The summed E-state index contributed by atoms with van der Waals surface area (Å²) in [7, 11) is 1.99. The van der Waals surface area contributed by atoms with Gasteiger partial charge < -0.3 is 9.64 Å². The molecule has 0 bridgehead atoms. The van der Waals surface area contributed by atoms with Crippen molar-refractivity contribution in [1.82, 2.24) is 4.90 Å². The normalized spacial score (nSPS) is 22.4. The van der Waals surface area contributed by atoms with Gasteiger partial charge in [0.25, 0.3) is 0 Å². The molecule has 0 saturated carbocycles. The average Bonchev–Trinajstić information content (AvgIpc) is 2.18. The van der Waals surface area contributed by atoms with Crippen LogP contribution in [0.2, 0.25) is 0 Å². The zero-order valence-electron chi connectivity index (χ0n) is 9.19. The van der Waals surface area contributed by atoms with Crippen molar-refractivity contribution in [2.75, 3.05) is 32.5 Å². The number of ether oxygens (including phenoxy) is 1. The number of thioether (sulfide) groups is 1. The van der Waals surface area contributed by atoms with Crippen molar-refractivity contribution >= 4 is 23.5 Å². The Labute approximate surface area is 94.3 Å². The summed E-state index contributed by atoms with van der Waals surface area (Å²) < 4.78 is 4.75. The van der Waals surface area contributed by atoms with E-state index in [1.54, 1.807) is 18.7 Å². The lowest BCUT2D eigenvalue weighted by atomic mass is 10.2. The van der Waals surface area contributed by atoms with Gasteiger partial charge in [0.2, 0.25) is 0 Å². The van der Waals surface area contributed by atoms with Crippen molar-refractivity contribution in [2.45, 2.75) is 18.6 Å². The van der Waals surface area contributed by atoms with Crippen LogP contribution in [0.25, 0.3) is 0 Å². The van der Waals surface area contributed by atoms with Crippen molar-refractivity contribution in [3.8, 4) is 0 Å². The molecule has 1 fully saturated rings. The second kappa shape index (κ2) is 6.12. The maximum Gasteiger partial charge on any atom is 0.313 e. The molecule has 4 nitrogen and oxygen atoms in total. The van der Waals surface area contributed by atoms with E-state index in [0.29, 0.717) is 6.61 Å². The minimum Gasteiger partial charge on any atom is -0.466 e. The molecule has 5 heteroatoms. The van der Waals surface area contributed by atoms with E-state index in [-0.39, 0.29) is 17.5 Å². The molecule has 0 amide bonds. The van der Waals surface area contributed by atoms with E-state index in [1.807, 2.05) is 7.05 Å². The average molecular weight is 231 g/mol. The topological polar surface area (TPSA) is 46.6 Å². The molecular formula is C10H17NO3S. The summed E-state index contributed by atoms with van der Waals surface area (Å²) in [5, 5.41) is -0.0619. The highest BCUT2D eigenvalue weighted by Crippen LogP contribution is 2.19. The molecular weight excluding hydrogens is 214 g/mol. The van der Waals surface area contributed by atoms with Crippen LogP contribution >= 0.6 is 11.8 Å². The van der Waals surface area contributed by atoms with E-state index >= 15 is 0 Å². The first kappa shape index (κ1) is 12.5. The highest BCUT2D eigenvalue weighted by molar-refractivity contribution is 8.00. The van der Waals surface area contributed by atoms with Gasteiger partial charge in [0.15, 0.2) is 5.78 Å². The van der Waals surface area contributed by atoms with Gasteiger partial charge in [-0.05, 0) is 14.0 Å². The predicted octanol–water partition coefficient (Wildman–Crippen LogP) is 0.556. The molecule has 0 N–H and O–H groups in total. The highest BCUT2D eigenvalue weighted by Gasteiger charge is 2.26. The monoisotopic (exact) mass is 231 g/mol. The maximum absolute atomic E-state index is 11.7. The van der Waals surface area contributed by atoms with E-state index in [2.05, 4.69) is 4.90 Å². The third-order valence-electron chi connectivity index (χ3n) is 2.25. The van der Waals surface area contributed by atoms with Gasteiger partial charge >= 0.3 is 5.97 Å². The third kappa shape index (κ3) is 4.22. The number of nitrogens with zero attached hydrogens (tertiary/aromatic N) is 1. The summed E-state index contributed by atoms with van der Waals surface area (Å²) >= 11 is 1.64. The van der Waals surface area contributed by atoms with Gasteiger partial charge in [0, 0.05) is 18.8 Å². The quantitative estimate of drug-likeness (QED) is 0.522. The molecule has 1 heterocycles. The number of hydrogen-bond donors (Lipinski definition) is 0. The van der Waals surface area contributed by atoms with Gasteiger partial charge in [-0.3, -0.25) is 9.59 Å². The van der Waals surface area contributed by atoms with Crippen LogP contribution in [-0.2, 0) is 14.3 Å². The van der Waals surface area contributed by atoms with Crippen LogP contribution in [0.4, 0.5) is 0 Å². The van der Waals surface area contributed by atoms with E-state index in [4.69, 9.17) is 4.74 Å². The maximum atomic E-state index is 11.7. The fraction of sp³-hybridized carbons (Fsp3) is 0.800. The Morgan fingerprint density at radius 1 is 1.53 bits per heavy atom. The molecule has 86 valence electrons. The summed E-state index contributed by atoms with van der Waals surface area (Å²) in [5.74, 6) is 0.539. The Bertz CT molecular complexity index is 245. The lowest BCUT2D eigenvalue weighted by Gasteiger charge is -2.27. The molecule has 1 aliphatic rings. The number of ketones is 1. The van der Waals surface area contributed by atoms with Gasteiger partial charge in [0.1, 0.15) is 6.42 Å². The van der Waals surface area contributed by atoms with Crippen LogP contribution in [0.3, 0.4) is 0 Å². The van der Waals surface area contributed by atoms with Crippen LogP contribution in [0.5, 0.6) is 0 Å².